The maximum atomic E-state index is 12.0. The summed E-state index contributed by atoms with van der Waals surface area (Å²) < 4.78 is 144. The minimum Gasteiger partial charge on any atom is -0.744 e. The average molecular weight is 2050 g/mol. The zero-order chi connectivity index (χ0) is 92.9. The van der Waals surface area contributed by atoms with E-state index in [0.29, 0.717) is 21.5 Å². The summed E-state index contributed by atoms with van der Waals surface area (Å²) in [6, 6.07) is 37.7. The molecular formula is C112H172O12PbS4-4. The molecule has 724 valence electrons. The van der Waals surface area contributed by atoms with E-state index in [0.717, 1.165) is 172 Å². The van der Waals surface area contributed by atoms with Gasteiger partial charge in [0, 0.05) is 48.8 Å². The van der Waals surface area contributed by atoms with Gasteiger partial charge in [-0.3, -0.25) is 0 Å². The fourth-order valence-electron chi connectivity index (χ4n) is 18.8. The van der Waals surface area contributed by atoms with Crippen LogP contribution in [0.15, 0.2) is 141 Å². The van der Waals surface area contributed by atoms with Crippen LogP contribution in [0.1, 0.15) is 459 Å². The van der Waals surface area contributed by atoms with Crippen LogP contribution in [-0.4, -0.2) is 79.2 Å². The largest absolute Gasteiger partial charge is 0.744 e. The molecule has 0 saturated heterocycles. The van der Waals surface area contributed by atoms with Crippen molar-refractivity contribution < 1.29 is 51.9 Å². The van der Waals surface area contributed by atoms with Crippen molar-refractivity contribution in [2.45, 2.75) is 486 Å². The van der Waals surface area contributed by atoms with E-state index in [9.17, 15) is 51.9 Å². The molecule has 0 aliphatic rings. The third kappa shape index (κ3) is 45.7. The van der Waals surface area contributed by atoms with Gasteiger partial charge >= 0.3 is 0 Å². The van der Waals surface area contributed by atoms with Gasteiger partial charge in [-0.1, -0.05) is 461 Å². The summed E-state index contributed by atoms with van der Waals surface area (Å²) in [5.41, 5.74) is 8.70. The number of fused-ring (bicyclic) bond motifs is 4. The summed E-state index contributed by atoms with van der Waals surface area (Å²) in [4.78, 5) is -0.188. The van der Waals surface area contributed by atoms with Crippen molar-refractivity contribution in [3.8, 4) is 0 Å². The second kappa shape index (κ2) is 69.2. The van der Waals surface area contributed by atoms with Crippen LogP contribution in [0.2, 0.25) is 0 Å². The Morgan fingerprint density at radius 2 is 0.287 bits per heavy atom. The van der Waals surface area contributed by atoms with E-state index >= 15 is 0 Å². The molecule has 0 unspecified atom stereocenters. The predicted molar refractivity (Wildman–Crippen MR) is 547 cm³/mol. The van der Waals surface area contributed by atoms with Crippen molar-refractivity contribution in [2.75, 3.05) is 0 Å². The molecule has 0 heterocycles. The number of benzene rings is 8. The maximum absolute atomic E-state index is 12.0. The zero-order valence-electron chi connectivity index (χ0n) is 81.8. The van der Waals surface area contributed by atoms with Crippen molar-refractivity contribution in [2.24, 2.45) is 0 Å². The first-order valence-electron chi connectivity index (χ1n) is 51.9. The standard InChI is InChI=1S/4C28H44O3S.Pb/c4*1-3-5-7-9-11-13-15-18-24-22-23-27(32(29,30)31)28-25(20-17-21-26(24)28)19-16-14-12-10-8-6-4-2;/h4*17,20-23H,3-16,18-19H2,1-2H3,(H,29,30,31);/p-4. The van der Waals surface area contributed by atoms with E-state index in [2.05, 4.69) is 55.4 Å². The van der Waals surface area contributed by atoms with Gasteiger partial charge in [0.25, 0.3) is 0 Å². The van der Waals surface area contributed by atoms with Crippen molar-refractivity contribution in [3.63, 3.8) is 0 Å². The molecule has 8 aromatic rings. The summed E-state index contributed by atoms with van der Waals surface area (Å²) >= 11 is 0. The van der Waals surface area contributed by atoms with Crippen molar-refractivity contribution in [1.29, 1.82) is 0 Å². The zero-order valence-corrected chi connectivity index (χ0v) is 89.0. The monoisotopic (exact) mass is 2050 g/mol. The van der Waals surface area contributed by atoms with E-state index in [-0.39, 0.29) is 46.9 Å². The van der Waals surface area contributed by atoms with Crippen molar-refractivity contribution in [1.82, 2.24) is 0 Å². The van der Waals surface area contributed by atoms with Crippen LogP contribution in [0.5, 0.6) is 0 Å². The van der Waals surface area contributed by atoms with E-state index < -0.39 is 40.5 Å². The second-order valence-corrected chi connectivity index (χ2v) is 42.4. The smallest absolute Gasteiger partial charge is 0.125 e. The molecular weight excluding hydrogens is 1870 g/mol. The number of aryl methyl sites for hydroxylation is 8. The van der Waals surface area contributed by atoms with E-state index in [1.54, 1.807) is 24.3 Å². The van der Waals surface area contributed by atoms with Crippen LogP contribution in [0.3, 0.4) is 0 Å². The summed E-state index contributed by atoms with van der Waals surface area (Å²) in [6.45, 7) is 17.8. The Kier molecular flexibility index (Phi) is 62.6. The van der Waals surface area contributed by atoms with Gasteiger partial charge in [-0.2, -0.15) is 0 Å². The molecule has 129 heavy (non-hydrogen) atoms. The quantitative estimate of drug-likeness (QED) is 0.0197. The minimum absolute atomic E-state index is 0. The molecule has 0 saturated carbocycles. The number of hydrogen-bond donors (Lipinski definition) is 0. The summed E-state index contributed by atoms with van der Waals surface area (Å²) in [5.74, 6) is 0. The SMILES string of the molecule is CCCCCCCCCc1ccc(S(=O)(=O)[O-])c2c(CCCCCCCCC)cccc12.CCCCCCCCCc1ccc(S(=O)(=O)[O-])c2c(CCCCCCCCC)cccc12.CCCCCCCCCc1ccc(S(=O)(=O)[O-])c2c(CCCCCCCCC)cccc12.CCCCCCCCCc1ccc(S(=O)(=O)[O-])c2c(CCCCCCCCC)cccc12.[Pb]. The van der Waals surface area contributed by atoms with Crippen LogP contribution in [0.4, 0.5) is 0 Å². The van der Waals surface area contributed by atoms with Gasteiger partial charge < -0.3 is 18.2 Å². The normalized spacial score (nSPS) is 11.9. The third-order valence-electron chi connectivity index (χ3n) is 26.2. The molecule has 0 aromatic heterocycles. The van der Waals surface area contributed by atoms with E-state index in [1.807, 2.05) is 97.1 Å². The van der Waals surface area contributed by atoms with Crippen LogP contribution in [0.25, 0.3) is 43.1 Å². The fourth-order valence-corrected chi connectivity index (χ4v) is 21.7. The Bertz CT molecular complexity index is 4220. The Morgan fingerprint density at radius 1 is 0.163 bits per heavy atom. The molecule has 12 nitrogen and oxygen atoms in total. The molecule has 0 bridgehead atoms. The van der Waals surface area contributed by atoms with Gasteiger partial charge in [0.15, 0.2) is 0 Å². The minimum atomic E-state index is -4.50. The van der Waals surface area contributed by atoms with Gasteiger partial charge in [0.2, 0.25) is 0 Å². The van der Waals surface area contributed by atoms with E-state index in [1.165, 1.54) is 305 Å². The summed E-state index contributed by atoms with van der Waals surface area (Å²) in [6.07, 6.45) is 76.2. The molecule has 8 rings (SSSR count). The molecule has 4 radical (unpaired) electrons. The summed E-state index contributed by atoms with van der Waals surface area (Å²) in [7, 11) is -18.0. The number of hydrogen-bond acceptors (Lipinski definition) is 12. The Morgan fingerprint density at radius 3 is 0.419 bits per heavy atom. The van der Waals surface area contributed by atoms with Gasteiger partial charge in [0.05, 0.1) is 19.6 Å². The molecule has 0 atom stereocenters. The first kappa shape index (κ1) is 117. The van der Waals surface area contributed by atoms with Crippen LogP contribution < -0.4 is 0 Å². The molecule has 0 spiro atoms. The number of unbranched alkanes of at least 4 members (excludes halogenated alkanes) is 48. The fraction of sp³-hybridized carbons (Fsp3) is 0.643. The molecule has 17 heteroatoms. The van der Waals surface area contributed by atoms with Gasteiger partial charge in [0.1, 0.15) is 40.5 Å². The molecule has 0 aliphatic heterocycles. The van der Waals surface area contributed by atoms with Crippen LogP contribution in [-0.2, 0) is 91.8 Å². The van der Waals surface area contributed by atoms with Crippen molar-refractivity contribution >= 4 is 111 Å². The molecule has 8 aromatic carbocycles. The van der Waals surface area contributed by atoms with Gasteiger partial charge in [-0.25, -0.2) is 33.7 Å². The maximum Gasteiger partial charge on any atom is 0.125 e. The topological polar surface area (TPSA) is 229 Å². The van der Waals surface area contributed by atoms with Gasteiger partial charge in [-0.05, 0) is 193 Å². The van der Waals surface area contributed by atoms with E-state index in [4.69, 9.17) is 0 Å². The van der Waals surface area contributed by atoms with Gasteiger partial charge in [-0.15, -0.1) is 0 Å². The average Bonchev–Trinajstić information content (AvgIpc) is 0.786. The summed E-state index contributed by atoms with van der Waals surface area (Å²) in [5, 5.41) is 6.51. The van der Waals surface area contributed by atoms with Crippen LogP contribution >= 0.6 is 0 Å². The Labute approximate surface area is 807 Å². The molecule has 0 N–H and O–H groups in total. The third-order valence-corrected chi connectivity index (χ3v) is 29.7. The first-order chi connectivity index (χ1) is 61.9. The van der Waals surface area contributed by atoms with Crippen LogP contribution in [0, 0.1) is 0 Å². The number of rotatable bonds is 68. The molecule has 0 amide bonds. The molecule has 0 fully saturated rings. The molecule has 0 aliphatic carbocycles. The van der Waals surface area contributed by atoms with Crippen molar-refractivity contribution in [3.05, 3.63) is 166 Å². The Balaban J connectivity index is 0.000000359. The second-order valence-electron chi connectivity index (χ2n) is 37.0. The first-order valence-corrected chi connectivity index (χ1v) is 57.6. The Hall–Kier alpha value is -4.64. The predicted octanol–water partition coefficient (Wildman–Crippen LogP) is 32.9.